The van der Waals surface area contributed by atoms with Crippen LogP contribution in [0.4, 0.5) is 0 Å². The molecule has 0 spiro atoms. The van der Waals surface area contributed by atoms with Crippen molar-refractivity contribution in [1.82, 2.24) is 0 Å². The normalized spacial score (nSPS) is 10.3. The van der Waals surface area contributed by atoms with Gasteiger partial charge in [-0.2, -0.15) is 0 Å². The van der Waals surface area contributed by atoms with Crippen LogP contribution in [0.2, 0.25) is 0 Å². The van der Waals surface area contributed by atoms with E-state index in [2.05, 4.69) is 12.1 Å². The Hall–Kier alpha value is -2.67. The Morgan fingerprint density at radius 2 is 1.29 bits per heavy atom. The Kier molecular flexibility index (Phi) is 3.65. The molecule has 3 aromatic rings. The third-order valence-electron chi connectivity index (χ3n) is 3.51. The number of aryl methyl sites for hydroxylation is 1. The SMILES string of the molecule is Cc1cccc(C(=O)c2cccc(-c3ccccc3)c2)c1. The van der Waals surface area contributed by atoms with E-state index < -0.39 is 0 Å². The van der Waals surface area contributed by atoms with E-state index >= 15 is 0 Å². The Morgan fingerprint density at radius 3 is 2.00 bits per heavy atom. The molecule has 0 atom stereocenters. The van der Waals surface area contributed by atoms with Crippen molar-refractivity contribution in [2.75, 3.05) is 0 Å². The van der Waals surface area contributed by atoms with Crippen LogP contribution in [-0.2, 0) is 0 Å². The van der Waals surface area contributed by atoms with Crippen LogP contribution in [0.1, 0.15) is 21.5 Å². The molecule has 102 valence electrons. The molecule has 1 heteroatoms. The second-order valence-corrected chi connectivity index (χ2v) is 5.15. The lowest BCUT2D eigenvalue weighted by Gasteiger charge is -2.06. The fraction of sp³-hybridized carbons (Fsp3) is 0.0500. The van der Waals surface area contributed by atoms with Crippen molar-refractivity contribution in [2.24, 2.45) is 0 Å². The number of ketones is 1. The molecule has 0 aromatic heterocycles. The van der Waals surface area contributed by atoms with Crippen LogP contribution >= 0.6 is 0 Å². The maximum Gasteiger partial charge on any atom is 0.193 e. The minimum atomic E-state index is 0.0662. The van der Waals surface area contributed by atoms with Gasteiger partial charge in [-0.05, 0) is 30.2 Å². The quantitative estimate of drug-likeness (QED) is 0.620. The van der Waals surface area contributed by atoms with Gasteiger partial charge in [0, 0.05) is 11.1 Å². The highest BCUT2D eigenvalue weighted by molar-refractivity contribution is 6.09. The first kappa shape index (κ1) is 13.3. The minimum absolute atomic E-state index is 0.0662. The molecule has 0 heterocycles. The average Bonchev–Trinajstić information content (AvgIpc) is 2.55. The fourth-order valence-corrected chi connectivity index (χ4v) is 2.42. The van der Waals surface area contributed by atoms with E-state index in [1.54, 1.807) is 0 Å². The molecule has 3 aromatic carbocycles. The Labute approximate surface area is 124 Å². The number of carbonyl (C=O) groups is 1. The molecular formula is C20H16O. The van der Waals surface area contributed by atoms with Gasteiger partial charge in [0.05, 0.1) is 0 Å². The summed E-state index contributed by atoms with van der Waals surface area (Å²) in [6.07, 6.45) is 0. The van der Waals surface area contributed by atoms with Crippen molar-refractivity contribution in [3.8, 4) is 11.1 Å². The number of carbonyl (C=O) groups excluding carboxylic acids is 1. The molecule has 0 fully saturated rings. The highest BCUT2D eigenvalue weighted by atomic mass is 16.1. The molecule has 0 amide bonds. The minimum Gasteiger partial charge on any atom is -0.289 e. The maximum absolute atomic E-state index is 12.6. The number of hydrogen-bond acceptors (Lipinski definition) is 1. The Morgan fingerprint density at radius 1 is 0.667 bits per heavy atom. The summed E-state index contributed by atoms with van der Waals surface area (Å²) in [5.74, 6) is 0.0662. The van der Waals surface area contributed by atoms with Crippen molar-refractivity contribution >= 4 is 5.78 Å². The molecule has 3 rings (SSSR count). The molecular weight excluding hydrogens is 256 g/mol. The van der Waals surface area contributed by atoms with E-state index in [-0.39, 0.29) is 5.78 Å². The van der Waals surface area contributed by atoms with E-state index in [0.717, 1.165) is 27.8 Å². The summed E-state index contributed by atoms with van der Waals surface area (Å²) in [5.41, 5.74) is 4.74. The second kappa shape index (κ2) is 5.76. The largest absolute Gasteiger partial charge is 0.289 e. The summed E-state index contributed by atoms with van der Waals surface area (Å²) >= 11 is 0. The monoisotopic (exact) mass is 272 g/mol. The van der Waals surface area contributed by atoms with E-state index in [9.17, 15) is 4.79 Å². The summed E-state index contributed by atoms with van der Waals surface area (Å²) in [7, 11) is 0. The van der Waals surface area contributed by atoms with Crippen molar-refractivity contribution in [1.29, 1.82) is 0 Å². The van der Waals surface area contributed by atoms with Gasteiger partial charge in [-0.15, -0.1) is 0 Å². The van der Waals surface area contributed by atoms with E-state index in [0.29, 0.717) is 0 Å². The van der Waals surface area contributed by atoms with Gasteiger partial charge in [-0.25, -0.2) is 0 Å². The van der Waals surface area contributed by atoms with E-state index in [4.69, 9.17) is 0 Å². The molecule has 0 radical (unpaired) electrons. The number of rotatable bonds is 3. The molecule has 1 nitrogen and oxygen atoms in total. The van der Waals surface area contributed by atoms with Gasteiger partial charge in [0.25, 0.3) is 0 Å². The van der Waals surface area contributed by atoms with Crippen molar-refractivity contribution in [2.45, 2.75) is 6.92 Å². The smallest absolute Gasteiger partial charge is 0.193 e. The van der Waals surface area contributed by atoms with Gasteiger partial charge in [-0.1, -0.05) is 72.3 Å². The zero-order chi connectivity index (χ0) is 14.7. The summed E-state index contributed by atoms with van der Waals surface area (Å²) < 4.78 is 0. The molecule has 0 aliphatic rings. The predicted octanol–water partition coefficient (Wildman–Crippen LogP) is 4.89. The third kappa shape index (κ3) is 2.92. The molecule has 0 unspecified atom stereocenters. The van der Waals surface area contributed by atoms with Gasteiger partial charge in [0.15, 0.2) is 5.78 Å². The zero-order valence-electron chi connectivity index (χ0n) is 11.9. The van der Waals surface area contributed by atoms with Crippen molar-refractivity contribution in [3.05, 3.63) is 95.6 Å². The highest BCUT2D eigenvalue weighted by Gasteiger charge is 2.10. The first-order valence-electron chi connectivity index (χ1n) is 7.01. The van der Waals surface area contributed by atoms with Crippen LogP contribution < -0.4 is 0 Å². The van der Waals surface area contributed by atoms with Gasteiger partial charge in [-0.3, -0.25) is 4.79 Å². The lowest BCUT2D eigenvalue weighted by molar-refractivity contribution is 0.103. The van der Waals surface area contributed by atoms with Crippen molar-refractivity contribution in [3.63, 3.8) is 0 Å². The summed E-state index contributed by atoms with van der Waals surface area (Å²) in [5, 5.41) is 0. The van der Waals surface area contributed by atoms with Gasteiger partial charge in [0.1, 0.15) is 0 Å². The maximum atomic E-state index is 12.6. The number of hydrogen-bond donors (Lipinski definition) is 0. The first-order chi connectivity index (χ1) is 10.2. The molecule has 0 bridgehead atoms. The first-order valence-corrected chi connectivity index (χ1v) is 7.01. The van der Waals surface area contributed by atoms with Crippen LogP contribution in [0.15, 0.2) is 78.9 Å². The third-order valence-corrected chi connectivity index (χ3v) is 3.51. The standard InChI is InChI=1S/C20H16O/c1-15-7-5-11-18(13-15)20(21)19-12-6-10-17(14-19)16-8-3-2-4-9-16/h2-14H,1H3. The summed E-state index contributed by atoms with van der Waals surface area (Å²) in [6, 6.07) is 25.6. The van der Waals surface area contributed by atoms with Gasteiger partial charge in [0.2, 0.25) is 0 Å². The molecule has 0 N–H and O–H groups in total. The lowest BCUT2D eigenvalue weighted by atomic mass is 9.97. The zero-order valence-corrected chi connectivity index (χ0v) is 11.9. The van der Waals surface area contributed by atoms with E-state index in [1.807, 2.05) is 73.7 Å². The molecule has 0 aliphatic carbocycles. The molecule has 0 aliphatic heterocycles. The van der Waals surface area contributed by atoms with Crippen LogP contribution in [0.3, 0.4) is 0 Å². The van der Waals surface area contributed by atoms with Crippen LogP contribution in [0, 0.1) is 6.92 Å². The number of benzene rings is 3. The van der Waals surface area contributed by atoms with Crippen molar-refractivity contribution < 1.29 is 4.79 Å². The van der Waals surface area contributed by atoms with Crippen LogP contribution in [0.5, 0.6) is 0 Å². The molecule has 0 saturated carbocycles. The second-order valence-electron chi connectivity index (χ2n) is 5.15. The summed E-state index contributed by atoms with van der Waals surface area (Å²) in [4.78, 5) is 12.6. The van der Waals surface area contributed by atoms with Crippen LogP contribution in [-0.4, -0.2) is 5.78 Å². The van der Waals surface area contributed by atoms with Gasteiger partial charge >= 0.3 is 0 Å². The highest BCUT2D eigenvalue weighted by Crippen LogP contribution is 2.21. The Balaban J connectivity index is 1.98. The molecule has 21 heavy (non-hydrogen) atoms. The topological polar surface area (TPSA) is 17.1 Å². The van der Waals surface area contributed by atoms with E-state index in [1.165, 1.54) is 0 Å². The lowest BCUT2D eigenvalue weighted by Crippen LogP contribution is -2.01. The van der Waals surface area contributed by atoms with Gasteiger partial charge < -0.3 is 0 Å². The predicted molar refractivity (Wildman–Crippen MR) is 86.5 cm³/mol. The molecule has 0 saturated heterocycles. The fourth-order valence-electron chi connectivity index (χ4n) is 2.42. The Bertz CT molecular complexity index is 773. The van der Waals surface area contributed by atoms with Crippen LogP contribution in [0.25, 0.3) is 11.1 Å². The summed E-state index contributed by atoms with van der Waals surface area (Å²) in [6.45, 7) is 2.00. The average molecular weight is 272 g/mol.